The van der Waals surface area contributed by atoms with Crippen LogP contribution in [0.15, 0.2) is 12.1 Å². The molecule has 0 aromatic heterocycles. The number of likely N-dealkylation sites (tertiary alicyclic amines) is 1. The first kappa shape index (κ1) is 16.8. The first-order valence-electron chi connectivity index (χ1n) is 9.71. The van der Waals surface area contributed by atoms with Crippen molar-refractivity contribution >= 4 is 0 Å². The van der Waals surface area contributed by atoms with Crippen molar-refractivity contribution in [2.45, 2.75) is 49.5 Å². The number of hydrogen-bond acceptors (Lipinski definition) is 5. The van der Waals surface area contributed by atoms with E-state index in [0.717, 1.165) is 37.3 Å². The first-order valence-corrected chi connectivity index (χ1v) is 9.71. The molecule has 2 bridgehead atoms. The van der Waals surface area contributed by atoms with Crippen molar-refractivity contribution in [2.24, 2.45) is 11.8 Å². The van der Waals surface area contributed by atoms with Crippen molar-refractivity contribution < 1.29 is 18.9 Å². The van der Waals surface area contributed by atoms with E-state index < -0.39 is 5.79 Å². The van der Waals surface area contributed by atoms with E-state index >= 15 is 0 Å². The summed E-state index contributed by atoms with van der Waals surface area (Å²) >= 11 is 0. The third-order valence-electron chi connectivity index (χ3n) is 7.89. The fourth-order valence-electron chi connectivity index (χ4n) is 6.75. The molecule has 142 valence electrons. The zero-order valence-electron chi connectivity index (χ0n) is 16.4. The predicted octanol–water partition coefficient (Wildman–Crippen LogP) is 2.60. The summed E-state index contributed by atoms with van der Waals surface area (Å²) in [6, 6.07) is 4.85. The van der Waals surface area contributed by atoms with E-state index in [9.17, 15) is 0 Å². The molecule has 2 heterocycles. The van der Waals surface area contributed by atoms with Crippen molar-refractivity contribution in [1.29, 1.82) is 0 Å². The van der Waals surface area contributed by atoms with Crippen molar-refractivity contribution in [3.63, 3.8) is 0 Å². The SMILES string of the molecule is COc1ccc2c3c1O[C@@H]1C(OC)(OC)C(C)CC4[C@H](C2)N(C)CC[C@]341. The van der Waals surface area contributed by atoms with Gasteiger partial charge in [0, 0.05) is 37.2 Å². The highest BCUT2D eigenvalue weighted by Gasteiger charge is 2.72. The Morgan fingerprint density at radius 2 is 1.96 bits per heavy atom. The van der Waals surface area contributed by atoms with Crippen LogP contribution in [-0.2, 0) is 21.3 Å². The van der Waals surface area contributed by atoms with Gasteiger partial charge in [0.2, 0.25) is 5.79 Å². The number of rotatable bonds is 3. The van der Waals surface area contributed by atoms with Crippen LogP contribution in [0.4, 0.5) is 0 Å². The Morgan fingerprint density at radius 3 is 2.65 bits per heavy atom. The molecule has 2 fully saturated rings. The van der Waals surface area contributed by atoms with Gasteiger partial charge >= 0.3 is 0 Å². The molecule has 1 aromatic rings. The molecule has 0 N–H and O–H groups in total. The number of ether oxygens (including phenoxy) is 4. The number of methoxy groups -OCH3 is 3. The zero-order valence-corrected chi connectivity index (χ0v) is 16.4. The fraction of sp³-hybridized carbons (Fsp3) is 0.714. The molecule has 4 aliphatic rings. The van der Waals surface area contributed by atoms with Crippen LogP contribution in [-0.4, -0.2) is 57.8 Å². The van der Waals surface area contributed by atoms with Crippen LogP contribution < -0.4 is 9.47 Å². The van der Waals surface area contributed by atoms with Crippen molar-refractivity contribution in [2.75, 3.05) is 34.9 Å². The monoisotopic (exact) mass is 359 g/mol. The molecule has 0 amide bonds. The van der Waals surface area contributed by atoms with Gasteiger partial charge in [-0.25, -0.2) is 0 Å². The van der Waals surface area contributed by atoms with Gasteiger partial charge in [0.1, 0.15) is 0 Å². The van der Waals surface area contributed by atoms with Gasteiger partial charge < -0.3 is 23.8 Å². The lowest BCUT2D eigenvalue weighted by Crippen LogP contribution is -2.72. The van der Waals surface area contributed by atoms with Gasteiger partial charge in [0.05, 0.1) is 7.11 Å². The van der Waals surface area contributed by atoms with Crippen molar-refractivity contribution in [3.05, 3.63) is 23.3 Å². The van der Waals surface area contributed by atoms with E-state index in [0.29, 0.717) is 12.0 Å². The largest absolute Gasteiger partial charge is 0.493 e. The van der Waals surface area contributed by atoms with Crippen LogP contribution in [0.3, 0.4) is 0 Å². The van der Waals surface area contributed by atoms with Gasteiger partial charge in [0.15, 0.2) is 17.6 Å². The number of piperidine rings is 1. The molecule has 2 aliphatic carbocycles. The van der Waals surface area contributed by atoms with E-state index in [1.54, 1.807) is 21.3 Å². The van der Waals surface area contributed by atoms with Gasteiger partial charge in [0.25, 0.3) is 0 Å². The fourth-order valence-corrected chi connectivity index (χ4v) is 6.75. The smallest absolute Gasteiger partial charge is 0.208 e. The molecule has 2 aliphatic heterocycles. The van der Waals surface area contributed by atoms with E-state index in [1.807, 2.05) is 0 Å². The Bertz CT molecular complexity index is 746. The molecule has 5 nitrogen and oxygen atoms in total. The van der Waals surface area contributed by atoms with Crippen molar-refractivity contribution in [3.8, 4) is 11.5 Å². The van der Waals surface area contributed by atoms with Gasteiger partial charge in [-0.2, -0.15) is 0 Å². The lowest BCUT2D eigenvalue weighted by molar-refractivity contribution is -0.316. The Hall–Kier alpha value is -1.30. The average Bonchev–Trinajstić information content (AvgIpc) is 3.00. The van der Waals surface area contributed by atoms with Gasteiger partial charge in [-0.15, -0.1) is 0 Å². The summed E-state index contributed by atoms with van der Waals surface area (Å²) in [6.45, 7) is 3.32. The number of benzene rings is 1. The molecule has 5 atom stereocenters. The van der Waals surface area contributed by atoms with Gasteiger partial charge in [-0.3, -0.25) is 0 Å². The van der Waals surface area contributed by atoms with Crippen LogP contribution in [0.25, 0.3) is 0 Å². The Balaban J connectivity index is 1.80. The maximum absolute atomic E-state index is 6.71. The summed E-state index contributed by atoms with van der Waals surface area (Å²) in [7, 11) is 7.52. The molecule has 26 heavy (non-hydrogen) atoms. The molecule has 1 spiro atoms. The quantitative estimate of drug-likeness (QED) is 0.776. The van der Waals surface area contributed by atoms with E-state index in [2.05, 4.69) is 31.0 Å². The topological polar surface area (TPSA) is 40.2 Å². The predicted molar refractivity (Wildman–Crippen MR) is 97.8 cm³/mol. The summed E-state index contributed by atoms with van der Waals surface area (Å²) in [5, 5.41) is 0. The minimum atomic E-state index is -0.727. The maximum Gasteiger partial charge on any atom is 0.208 e. The third kappa shape index (κ3) is 1.68. The molecule has 0 radical (unpaired) electrons. The molecular formula is C21H29NO4. The number of likely N-dealkylation sites (N-methyl/N-ethyl adjacent to an activating group) is 1. The third-order valence-corrected chi connectivity index (χ3v) is 7.89. The standard InChI is InChI=1S/C21H29NO4/c1-12-10-14-15-11-13-6-7-16(23-3)18-17(13)20(14,8-9-22(15)2)19(26-18)21(12,24-4)25-5/h6-7,12,14-15,19H,8-11H2,1-5H3/t12?,14?,15-,19-,20+/m0/s1. The van der Waals surface area contributed by atoms with Gasteiger partial charge in [-0.1, -0.05) is 13.0 Å². The van der Waals surface area contributed by atoms with Crippen LogP contribution >= 0.6 is 0 Å². The molecule has 5 heteroatoms. The Morgan fingerprint density at radius 1 is 1.19 bits per heavy atom. The second-order valence-corrected chi connectivity index (χ2v) is 8.54. The van der Waals surface area contributed by atoms with E-state index in [1.165, 1.54) is 11.1 Å². The maximum atomic E-state index is 6.71. The van der Waals surface area contributed by atoms with Crippen LogP contribution in [0.1, 0.15) is 30.9 Å². The van der Waals surface area contributed by atoms with Crippen molar-refractivity contribution in [1.82, 2.24) is 4.90 Å². The van der Waals surface area contributed by atoms with Crippen LogP contribution in [0, 0.1) is 11.8 Å². The van der Waals surface area contributed by atoms with E-state index in [4.69, 9.17) is 18.9 Å². The number of nitrogens with zero attached hydrogens (tertiary/aromatic N) is 1. The van der Waals surface area contributed by atoms with E-state index in [-0.39, 0.29) is 17.4 Å². The summed E-state index contributed by atoms with van der Waals surface area (Å²) < 4.78 is 24.6. The normalized spacial score (nSPS) is 39.3. The average molecular weight is 359 g/mol. The zero-order chi connectivity index (χ0) is 18.3. The molecule has 1 aromatic carbocycles. The highest BCUT2D eigenvalue weighted by Crippen LogP contribution is 2.66. The first-order chi connectivity index (χ1) is 12.5. The molecule has 1 saturated heterocycles. The van der Waals surface area contributed by atoms with Crippen LogP contribution in [0.2, 0.25) is 0 Å². The molecular weight excluding hydrogens is 330 g/mol. The van der Waals surface area contributed by atoms with Gasteiger partial charge in [-0.05, 0) is 50.4 Å². The Kier molecular flexibility index (Phi) is 3.48. The lowest BCUT2D eigenvalue weighted by Gasteiger charge is -2.62. The minimum Gasteiger partial charge on any atom is -0.493 e. The number of hydrogen-bond donors (Lipinski definition) is 0. The lowest BCUT2D eigenvalue weighted by atomic mass is 9.49. The summed E-state index contributed by atoms with van der Waals surface area (Å²) in [4.78, 5) is 2.55. The Labute approximate surface area is 155 Å². The second kappa shape index (κ2) is 5.37. The second-order valence-electron chi connectivity index (χ2n) is 8.54. The molecule has 2 unspecified atom stereocenters. The highest BCUT2D eigenvalue weighted by molar-refractivity contribution is 5.61. The molecule has 1 saturated carbocycles. The summed E-state index contributed by atoms with van der Waals surface area (Å²) in [5.74, 6) is 1.85. The highest BCUT2D eigenvalue weighted by atomic mass is 16.7. The molecule has 5 rings (SSSR count). The summed E-state index contributed by atoms with van der Waals surface area (Å²) in [5.41, 5.74) is 2.74. The minimum absolute atomic E-state index is 0.0484. The van der Waals surface area contributed by atoms with Crippen LogP contribution in [0.5, 0.6) is 11.5 Å². The summed E-state index contributed by atoms with van der Waals surface area (Å²) in [6.07, 6.45) is 3.11.